The summed E-state index contributed by atoms with van der Waals surface area (Å²) in [5.41, 5.74) is 1.41. The standard InChI is InChI=1S/C15H12S2/c1-2-4-7-12(6-3-1)13-9-11-17-15(13)14-8-5-10-16-14/h1-12H. The molecule has 1 aliphatic rings. The van der Waals surface area contributed by atoms with E-state index in [0.29, 0.717) is 5.92 Å². The monoisotopic (exact) mass is 256 g/mol. The van der Waals surface area contributed by atoms with Crippen LogP contribution < -0.4 is 0 Å². The number of thiophene rings is 2. The van der Waals surface area contributed by atoms with Crippen LogP contribution in [0, 0.1) is 0 Å². The summed E-state index contributed by atoms with van der Waals surface area (Å²) in [6, 6.07) is 6.55. The fraction of sp³-hybridized carbons (Fsp3) is 0.0667. The zero-order valence-corrected chi connectivity index (χ0v) is 10.9. The third kappa shape index (κ3) is 2.19. The molecule has 0 aliphatic heterocycles. The Morgan fingerprint density at radius 3 is 2.35 bits per heavy atom. The summed E-state index contributed by atoms with van der Waals surface area (Å²) < 4.78 is 0. The van der Waals surface area contributed by atoms with Crippen molar-refractivity contribution in [1.82, 2.24) is 0 Å². The van der Waals surface area contributed by atoms with Crippen molar-refractivity contribution < 1.29 is 0 Å². The molecule has 0 bridgehead atoms. The maximum absolute atomic E-state index is 2.25. The van der Waals surface area contributed by atoms with Crippen LogP contribution in [-0.4, -0.2) is 0 Å². The zero-order valence-electron chi connectivity index (χ0n) is 9.24. The first-order valence-corrected chi connectivity index (χ1v) is 7.34. The summed E-state index contributed by atoms with van der Waals surface area (Å²) in [4.78, 5) is 2.77. The van der Waals surface area contributed by atoms with Crippen LogP contribution in [0.15, 0.2) is 65.4 Å². The SMILES string of the molecule is C1=CC=CC(c2ccsc2-c2cccs2)C=C1. The number of rotatable bonds is 2. The summed E-state index contributed by atoms with van der Waals surface area (Å²) in [7, 11) is 0. The molecule has 0 nitrogen and oxygen atoms in total. The Hall–Kier alpha value is -1.38. The molecule has 0 fully saturated rings. The fourth-order valence-electron chi connectivity index (χ4n) is 1.96. The van der Waals surface area contributed by atoms with Crippen molar-refractivity contribution in [3.8, 4) is 9.75 Å². The highest BCUT2D eigenvalue weighted by molar-refractivity contribution is 7.20. The van der Waals surface area contributed by atoms with Crippen molar-refractivity contribution in [3.05, 3.63) is 71.0 Å². The highest BCUT2D eigenvalue weighted by atomic mass is 32.1. The minimum Gasteiger partial charge on any atom is -0.143 e. The molecule has 0 saturated carbocycles. The van der Waals surface area contributed by atoms with Gasteiger partial charge in [-0.1, -0.05) is 42.5 Å². The minimum atomic E-state index is 0.397. The van der Waals surface area contributed by atoms with Crippen molar-refractivity contribution in [2.75, 3.05) is 0 Å². The highest BCUT2D eigenvalue weighted by Crippen LogP contribution is 2.38. The van der Waals surface area contributed by atoms with Gasteiger partial charge in [-0.25, -0.2) is 0 Å². The van der Waals surface area contributed by atoms with E-state index in [1.807, 2.05) is 22.7 Å². The molecule has 2 aromatic rings. The molecular weight excluding hydrogens is 244 g/mol. The maximum atomic E-state index is 2.25. The molecule has 2 aromatic heterocycles. The molecule has 0 saturated heterocycles. The molecule has 84 valence electrons. The lowest BCUT2D eigenvalue weighted by atomic mass is 9.99. The summed E-state index contributed by atoms with van der Waals surface area (Å²) in [6.07, 6.45) is 12.9. The van der Waals surface area contributed by atoms with E-state index in [1.165, 1.54) is 15.3 Å². The predicted molar refractivity (Wildman–Crippen MR) is 77.8 cm³/mol. The van der Waals surface area contributed by atoms with E-state index < -0.39 is 0 Å². The number of hydrogen-bond acceptors (Lipinski definition) is 2. The fourth-order valence-corrected chi connectivity index (χ4v) is 3.81. The molecule has 2 heteroatoms. The van der Waals surface area contributed by atoms with Gasteiger partial charge in [0.05, 0.1) is 0 Å². The topological polar surface area (TPSA) is 0 Å². The second-order valence-electron chi connectivity index (χ2n) is 3.86. The highest BCUT2D eigenvalue weighted by Gasteiger charge is 2.13. The van der Waals surface area contributed by atoms with Crippen molar-refractivity contribution in [1.29, 1.82) is 0 Å². The molecule has 3 rings (SSSR count). The van der Waals surface area contributed by atoms with Gasteiger partial charge in [0.25, 0.3) is 0 Å². The maximum Gasteiger partial charge on any atom is 0.0483 e. The second-order valence-corrected chi connectivity index (χ2v) is 5.73. The average molecular weight is 256 g/mol. The van der Waals surface area contributed by atoms with Crippen LogP contribution in [0.5, 0.6) is 0 Å². The van der Waals surface area contributed by atoms with E-state index in [-0.39, 0.29) is 0 Å². The lowest BCUT2D eigenvalue weighted by molar-refractivity contribution is 1.10. The third-order valence-electron chi connectivity index (χ3n) is 2.77. The van der Waals surface area contributed by atoms with Crippen molar-refractivity contribution in [2.45, 2.75) is 5.92 Å². The Morgan fingerprint density at radius 1 is 0.824 bits per heavy atom. The van der Waals surface area contributed by atoms with Crippen molar-refractivity contribution in [3.63, 3.8) is 0 Å². The Bertz CT molecular complexity index is 552. The van der Waals surface area contributed by atoms with Gasteiger partial charge in [-0.15, -0.1) is 22.7 Å². The van der Waals surface area contributed by atoms with Crippen molar-refractivity contribution in [2.24, 2.45) is 0 Å². The lowest BCUT2D eigenvalue weighted by Gasteiger charge is -2.07. The largest absolute Gasteiger partial charge is 0.143 e. The molecule has 0 aromatic carbocycles. The van der Waals surface area contributed by atoms with Crippen LogP contribution in [0.1, 0.15) is 11.5 Å². The van der Waals surface area contributed by atoms with E-state index in [2.05, 4.69) is 65.4 Å². The van der Waals surface area contributed by atoms with Crippen LogP contribution >= 0.6 is 22.7 Å². The van der Waals surface area contributed by atoms with Gasteiger partial charge in [-0.2, -0.15) is 0 Å². The normalized spacial score (nSPS) is 15.3. The van der Waals surface area contributed by atoms with Gasteiger partial charge in [0.2, 0.25) is 0 Å². The van der Waals surface area contributed by atoms with Gasteiger partial charge in [-0.3, -0.25) is 0 Å². The summed E-state index contributed by atoms with van der Waals surface area (Å²) >= 11 is 3.64. The summed E-state index contributed by atoms with van der Waals surface area (Å²) in [6.45, 7) is 0. The van der Waals surface area contributed by atoms with E-state index in [1.54, 1.807) is 0 Å². The first kappa shape index (κ1) is 10.8. The molecule has 0 atom stereocenters. The van der Waals surface area contributed by atoms with Crippen LogP contribution in [0.3, 0.4) is 0 Å². The average Bonchev–Trinajstić information content (AvgIpc) is 2.95. The minimum absolute atomic E-state index is 0.397. The summed E-state index contributed by atoms with van der Waals surface area (Å²) in [5.74, 6) is 0.397. The quantitative estimate of drug-likeness (QED) is 0.689. The van der Waals surface area contributed by atoms with Gasteiger partial charge in [-0.05, 0) is 28.5 Å². The summed E-state index contributed by atoms with van der Waals surface area (Å²) in [5, 5.41) is 4.32. The van der Waals surface area contributed by atoms with Gasteiger partial charge < -0.3 is 0 Å². The van der Waals surface area contributed by atoms with Gasteiger partial charge in [0.15, 0.2) is 0 Å². The van der Waals surface area contributed by atoms with E-state index in [9.17, 15) is 0 Å². The van der Waals surface area contributed by atoms with Crippen LogP contribution in [0.4, 0.5) is 0 Å². The number of allylic oxidation sites excluding steroid dienone is 6. The molecule has 0 N–H and O–H groups in total. The number of hydrogen-bond donors (Lipinski definition) is 0. The molecule has 2 heterocycles. The Labute approximate surface area is 109 Å². The van der Waals surface area contributed by atoms with Crippen LogP contribution in [-0.2, 0) is 0 Å². The Kier molecular flexibility index (Phi) is 3.08. The van der Waals surface area contributed by atoms with Crippen molar-refractivity contribution >= 4 is 22.7 Å². The molecular formula is C15H12S2. The third-order valence-corrected chi connectivity index (χ3v) is 4.75. The molecule has 1 aliphatic carbocycles. The molecule has 0 amide bonds. The molecule has 0 unspecified atom stereocenters. The van der Waals surface area contributed by atoms with Gasteiger partial charge >= 0.3 is 0 Å². The molecule has 0 radical (unpaired) electrons. The predicted octanol–water partition coefficient (Wildman–Crippen LogP) is 5.24. The second kappa shape index (κ2) is 4.86. The van der Waals surface area contributed by atoms with Crippen LogP contribution in [0.2, 0.25) is 0 Å². The lowest BCUT2D eigenvalue weighted by Crippen LogP contribution is -1.89. The molecule has 17 heavy (non-hydrogen) atoms. The van der Waals surface area contributed by atoms with Gasteiger partial charge in [0.1, 0.15) is 0 Å². The van der Waals surface area contributed by atoms with Crippen LogP contribution in [0.25, 0.3) is 9.75 Å². The van der Waals surface area contributed by atoms with E-state index >= 15 is 0 Å². The van der Waals surface area contributed by atoms with E-state index in [0.717, 1.165) is 0 Å². The van der Waals surface area contributed by atoms with E-state index in [4.69, 9.17) is 0 Å². The Balaban J connectivity index is 2.02. The zero-order chi connectivity index (χ0) is 11.5. The first-order valence-electron chi connectivity index (χ1n) is 5.58. The van der Waals surface area contributed by atoms with Gasteiger partial charge in [0, 0.05) is 15.7 Å². The first-order chi connectivity index (χ1) is 8.45. The Morgan fingerprint density at radius 2 is 1.65 bits per heavy atom. The smallest absolute Gasteiger partial charge is 0.0483 e. The molecule has 0 spiro atoms.